The van der Waals surface area contributed by atoms with Crippen molar-refractivity contribution in [1.82, 2.24) is 30.1 Å². The van der Waals surface area contributed by atoms with Gasteiger partial charge in [0.25, 0.3) is 0 Å². The Bertz CT molecular complexity index is 1650. The van der Waals surface area contributed by atoms with Gasteiger partial charge in [-0.25, -0.2) is 14.8 Å². The zero-order valence-corrected chi connectivity index (χ0v) is 35.4. The minimum atomic E-state index is -1.17. The van der Waals surface area contributed by atoms with Crippen LogP contribution in [0.4, 0.5) is 16.3 Å². The number of unbranched alkanes of at least 4 members (excludes halogenated alkanes) is 1. The second kappa shape index (κ2) is 24.2. The van der Waals surface area contributed by atoms with Crippen LogP contribution in [0.2, 0.25) is 0 Å². The van der Waals surface area contributed by atoms with Crippen molar-refractivity contribution in [3.05, 3.63) is 48.4 Å². The quantitative estimate of drug-likeness (QED) is 0.0626. The van der Waals surface area contributed by atoms with Crippen LogP contribution in [-0.2, 0) is 29.2 Å². The molecule has 0 bridgehead atoms. The van der Waals surface area contributed by atoms with Crippen LogP contribution >= 0.6 is 0 Å². The molecule has 1 aliphatic rings. The number of hydrogen-bond acceptors (Lipinski definition) is 12. The van der Waals surface area contributed by atoms with Crippen LogP contribution in [-0.4, -0.2) is 138 Å². The molecule has 6 N–H and O–H groups in total. The van der Waals surface area contributed by atoms with Gasteiger partial charge in [-0.1, -0.05) is 39.8 Å². The fourth-order valence-electron chi connectivity index (χ4n) is 6.56. The van der Waals surface area contributed by atoms with Crippen LogP contribution in [0, 0.1) is 0 Å². The first kappa shape index (κ1) is 46.8. The van der Waals surface area contributed by atoms with Gasteiger partial charge in [0.15, 0.2) is 6.23 Å². The third kappa shape index (κ3) is 15.0. The molecule has 1 unspecified atom stereocenters. The largest absolute Gasteiger partial charge is 0.387 e. The highest BCUT2D eigenvalue weighted by Crippen LogP contribution is 2.34. The molecule has 0 spiro atoms. The predicted octanol–water partition coefficient (Wildman–Crippen LogP) is 4.43. The molecule has 4 atom stereocenters. The Morgan fingerprint density at radius 1 is 0.879 bits per heavy atom. The van der Waals surface area contributed by atoms with Gasteiger partial charge in [-0.2, -0.15) is 0 Å². The van der Waals surface area contributed by atoms with Gasteiger partial charge < -0.3 is 55.0 Å². The van der Waals surface area contributed by atoms with Crippen molar-refractivity contribution in [3.8, 4) is 0 Å². The third-order valence-corrected chi connectivity index (χ3v) is 9.97. The van der Waals surface area contributed by atoms with Gasteiger partial charge in [0.05, 0.1) is 38.4 Å². The molecule has 1 fully saturated rings. The van der Waals surface area contributed by atoms with Crippen LogP contribution in [0.3, 0.4) is 0 Å². The molecule has 0 radical (unpaired) electrons. The molecular formula is C42H68N8O8. The maximum absolute atomic E-state index is 12.5. The van der Waals surface area contributed by atoms with Gasteiger partial charge in [-0.15, -0.1) is 0 Å². The molecule has 16 nitrogen and oxygen atoms in total. The van der Waals surface area contributed by atoms with Crippen molar-refractivity contribution in [2.24, 2.45) is 0 Å². The van der Waals surface area contributed by atoms with Gasteiger partial charge in [-0.05, 0) is 68.7 Å². The molecule has 1 saturated heterocycles. The Morgan fingerprint density at radius 3 is 2.24 bits per heavy atom. The number of urea groups is 1. The van der Waals surface area contributed by atoms with E-state index in [0.717, 1.165) is 36.9 Å². The Balaban J connectivity index is 1.15. The molecule has 4 rings (SSSR count). The SMILES string of the molecule is CCCOCCOCCOCCC(=O)NCCCCNc1ncnc2c1ccn2[C@@H]1O[C@H](CN(CCCNC(=O)Nc2ccc(C(C)(C)C)cc2)C(C)C)C(O)[C@@H]1O. The highest BCUT2D eigenvalue weighted by Gasteiger charge is 2.44. The molecule has 324 valence electrons. The molecule has 0 aliphatic carbocycles. The highest BCUT2D eigenvalue weighted by atomic mass is 16.6. The second-order valence-corrected chi connectivity index (χ2v) is 16.0. The van der Waals surface area contributed by atoms with Gasteiger partial charge in [0.1, 0.15) is 36.1 Å². The number of rotatable bonds is 26. The van der Waals surface area contributed by atoms with E-state index in [1.54, 1.807) is 10.8 Å². The van der Waals surface area contributed by atoms with Gasteiger partial charge in [0, 0.05) is 63.7 Å². The molecule has 2 aromatic heterocycles. The molecular weight excluding hydrogens is 745 g/mol. The number of anilines is 2. The number of hydrogen-bond donors (Lipinski definition) is 6. The van der Waals surface area contributed by atoms with Crippen LogP contribution in [0.5, 0.6) is 0 Å². The maximum Gasteiger partial charge on any atom is 0.319 e. The first-order chi connectivity index (χ1) is 27.9. The molecule has 0 saturated carbocycles. The average molecular weight is 813 g/mol. The summed E-state index contributed by atoms with van der Waals surface area (Å²) in [5.41, 5.74) is 2.55. The molecule has 3 amide bonds. The lowest BCUT2D eigenvalue weighted by Crippen LogP contribution is -2.44. The highest BCUT2D eigenvalue weighted by molar-refractivity contribution is 5.89. The van der Waals surface area contributed by atoms with E-state index in [2.05, 4.69) is 77.7 Å². The number of ether oxygens (including phenoxy) is 4. The number of nitrogens with one attached hydrogen (secondary N) is 4. The number of amides is 3. The molecule has 1 aromatic carbocycles. The molecule has 16 heteroatoms. The fraction of sp³-hybridized carbons (Fsp3) is 0.667. The van der Waals surface area contributed by atoms with Crippen molar-refractivity contribution in [1.29, 1.82) is 0 Å². The van der Waals surface area contributed by atoms with Crippen LogP contribution in [0.25, 0.3) is 11.0 Å². The maximum atomic E-state index is 12.5. The average Bonchev–Trinajstić information content (AvgIpc) is 3.74. The normalized spacial score (nSPS) is 18.3. The smallest absolute Gasteiger partial charge is 0.319 e. The van der Waals surface area contributed by atoms with E-state index in [9.17, 15) is 19.8 Å². The molecule has 1 aliphatic heterocycles. The van der Waals surface area contributed by atoms with E-state index in [0.29, 0.717) is 90.1 Å². The lowest BCUT2D eigenvalue weighted by molar-refractivity contribution is -0.122. The summed E-state index contributed by atoms with van der Waals surface area (Å²) in [7, 11) is 0. The third-order valence-electron chi connectivity index (χ3n) is 9.97. The monoisotopic (exact) mass is 813 g/mol. The van der Waals surface area contributed by atoms with E-state index >= 15 is 0 Å². The van der Waals surface area contributed by atoms with E-state index in [1.807, 2.05) is 30.3 Å². The summed E-state index contributed by atoms with van der Waals surface area (Å²) in [6.45, 7) is 18.5. The van der Waals surface area contributed by atoms with E-state index < -0.39 is 24.5 Å². The number of benzene rings is 1. The standard InChI is InChI=1S/C42H68N8O8/c1-7-22-55-24-26-57-27-25-56-23-16-35(51)43-17-8-9-18-44-38-33-15-21-50(39(33)47-29-46-38)40-37(53)36(52)34(58-40)28-49(30(2)3)20-10-19-45-41(54)48-32-13-11-31(12-14-32)42(4,5)6/h11-15,21,29-30,34,36-37,40,52-53H,7-10,16-20,22-28H2,1-6H3,(H,43,51)(H,44,46,47)(H2,45,48,54)/t34-,36?,37+,40-/m1/s1. The van der Waals surface area contributed by atoms with Crippen molar-refractivity contribution < 1.29 is 38.7 Å². The Labute approximate surface area is 343 Å². The Hall–Kier alpha value is -3.90. The van der Waals surface area contributed by atoms with Crippen LogP contribution in [0.15, 0.2) is 42.9 Å². The van der Waals surface area contributed by atoms with Crippen molar-refractivity contribution >= 4 is 34.5 Å². The van der Waals surface area contributed by atoms with Gasteiger partial charge >= 0.3 is 6.03 Å². The second-order valence-electron chi connectivity index (χ2n) is 16.0. The molecule has 3 aromatic rings. The zero-order valence-electron chi connectivity index (χ0n) is 35.4. The summed E-state index contributed by atoms with van der Waals surface area (Å²) in [6.07, 6.45) is 3.08. The first-order valence-corrected chi connectivity index (χ1v) is 20.9. The summed E-state index contributed by atoms with van der Waals surface area (Å²) in [4.78, 5) is 35.8. The van der Waals surface area contributed by atoms with Crippen LogP contribution < -0.4 is 21.3 Å². The number of fused-ring (bicyclic) bond motifs is 1. The number of aliphatic hydroxyl groups excluding tert-OH is 2. The lowest BCUT2D eigenvalue weighted by atomic mass is 9.87. The summed E-state index contributed by atoms with van der Waals surface area (Å²) in [5.74, 6) is 0.604. The number of carbonyl (C=O) groups is 2. The van der Waals surface area contributed by atoms with E-state index in [-0.39, 0.29) is 23.4 Å². The van der Waals surface area contributed by atoms with Crippen molar-refractivity contribution in [2.45, 2.75) is 110 Å². The van der Waals surface area contributed by atoms with Gasteiger partial charge in [0.2, 0.25) is 5.91 Å². The Morgan fingerprint density at radius 2 is 1.55 bits per heavy atom. The topological polar surface area (TPSA) is 194 Å². The minimum Gasteiger partial charge on any atom is -0.387 e. The predicted molar refractivity (Wildman–Crippen MR) is 225 cm³/mol. The van der Waals surface area contributed by atoms with Crippen LogP contribution in [0.1, 0.15) is 85.4 Å². The zero-order chi connectivity index (χ0) is 41.9. The number of aliphatic hydroxyl groups is 2. The van der Waals surface area contributed by atoms with E-state index in [4.69, 9.17) is 18.9 Å². The van der Waals surface area contributed by atoms with E-state index in [1.165, 1.54) is 11.9 Å². The minimum absolute atomic E-state index is 0.0405. The molecule has 58 heavy (non-hydrogen) atoms. The fourth-order valence-corrected chi connectivity index (χ4v) is 6.56. The number of carbonyl (C=O) groups excluding carboxylic acids is 2. The lowest BCUT2D eigenvalue weighted by Gasteiger charge is -2.30. The number of aromatic nitrogens is 3. The van der Waals surface area contributed by atoms with Crippen molar-refractivity contribution in [2.75, 3.05) is 83.0 Å². The van der Waals surface area contributed by atoms with Gasteiger partial charge in [-0.3, -0.25) is 9.69 Å². The molecule has 3 heterocycles. The Kier molecular flexibility index (Phi) is 19.6. The van der Waals surface area contributed by atoms with Crippen molar-refractivity contribution in [3.63, 3.8) is 0 Å². The summed E-state index contributed by atoms with van der Waals surface area (Å²) >= 11 is 0. The first-order valence-electron chi connectivity index (χ1n) is 20.9. The summed E-state index contributed by atoms with van der Waals surface area (Å²) in [5, 5.41) is 35.1. The summed E-state index contributed by atoms with van der Waals surface area (Å²) < 4.78 is 24.3. The number of nitrogens with zero attached hydrogens (tertiary/aromatic N) is 4. The summed E-state index contributed by atoms with van der Waals surface area (Å²) in [6, 6.07) is 9.63.